The van der Waals surface area contributed by atoms with Crippen LogP contribution in [0.1, 0.15) is 28.2 Å². The second-order valence-corrected chi connectivity index (χ2v) is 8.66. The van der Waals surface area contributed by atoms with Crippen LogP contribution < -0.4 is 15.0 Å². The smallest absolute Gasteiger partial charge is 0.174 e. The molecule has 0 bridgehead atoms. The molecular weight excluding hydrogens is 438 g/mol. The van der Waals surface area contributed by atoms with Crippen molar-refractivity contribution in [2.45, 2.75) is 19.0 Å². The maximum Gasteiger partial charge on any atom is 0.174 e. The number of benzene rings is 1. The number of pyridine rings is 1. The van der Waals surface area contributed by atoms with Crippen LogP contribution in [0.3, 0.4) is 0 Å². The summed E-state index contributed by atoms with van der Waals surface area (Å²) in [7, 11) is 1.64. The van der Waals surface area contributed by atoms with Gasteiger partial charge in [-0.05, 0) is 66.5 Å². The van der Waals surface area contributed by atoms with Crippen molar-refractivity contribution in [3.05, 3.63) is 75.2 Å². The van der Waals surface area contributed by atoms with Crippen LogP contribution in [0, 0.1) is 6.92 Å². The average molecular weight is 460 g/mol. The first-order valence-electron chi connectivity index (χ1n) is 9.56. The van der Waals surface area contributed by atoms with E-state index < -0.39 is 0 Å². The first-order valence-corrected chi connectivity index (χ1v) is 11.2. The van der Waals surface area contributed by atoms with E-state index in [9.17, 15) is 0 Å². The van der Waals surface area contributed by atoms with E-state index in [0.29, 0.717) is 29.1 Å². The Labute approximate surface area is 190 Å². The van der Waals surface area contributed by atoms with Gasteiger partial charge < -0.3 is 19.7 Å². The number of thiophene rings is 1. The second-order valence-electron chi connectivity index (χ2n) is 6.92. The lowest BCUT2D eigenvalue weighted by molar-refractivity contribution is 0.146. The molecule has 156 valence electrons. The van der Waals surface area contributed by atoms with Crippen LogP contribution in [-0.2, 0) is 4.74 Å². The number of aromatic nitrogens is 1. The molecule has 0 amide bonds. The van der Waals surface area contributed by atoms with Crippen LogP contribution >= 0.6 is 35.2 Å². The maximum atomic E-state index is 6.53. The molecule has 0 aliphatic carbocycles. The third-order valence-corrected chi connectivity index (χ3v) is 6.71. The number of ether oxygens (including phenoxy) is 2. The molecule has 3 aromatic rings. The first kappa shape index (κ1) is 21.1. The highest BCUT2D eigenvalue weighted by Crippen LogP contribution is 2.45. The van der Waals surface area contributed by atoms with Crippen LogP contribution in [0.25, 0.3) is 0 Å². The third kappa shape index (κ3) is 4.16. The molecule has 2 atom stereocenters. The van der Waals surface area contributed by atoms with E-state index in [2.05, 4.69) is 33.6 Å². The molecule has 30 heavy (non-hydrogen) atoms. The molecule has 5 nitrogen and oxygen atoms in total. The van der Waals surface area contributed by atoms with Gasteiger partial charge in [-0.3, -0.25) is 4.98 Å². The zero-order valence-corrected chi connectivity index (χ0v) is 19.1. The molecule has 1 aromatic carbocycles. The van der Waals surface area contributed by atoms with Gasteiger partial charge in [-0.15, -0.1) is 11.3 Å². The minimum atomic E-state index is -0.0625. The molecule has 2 aromatic heterocycles. The number of hydrogen-bond acceptors (Lipinski definition) is 5. The maximum absolute atomic E-state index is 6.53. The van der Waals surface area contributed by atoms with Gasteiger partial charge in [0.1, 0.15) is 12.4 Å². The van der Waals surface area contributed by atoms with Crippen molar-refractivity contribution in [1.82, 2.24) is 10.3 Å². The molecule has 1 fully saturated rings. The molecule has 0 saturated carbocycles. The minimum absolute atomic E-state index is 0.0243. The Kier molecular flexibility index (Phi) is 6.53. The van der Waals surface area contributed by atoms with Gasteiger partial charge in [-0.1, -0.05) is 17.7 Å². The van der Waals surface area contributed by atoms with Crippen LogP contribution in [0.5, 0.6) is 5.75 Å². The number of aryl methyl sites for hydroxylation is 1. The van der Waals surface area contributed by atoms with Gasteiger partial charge in [-0.2, -0.15) is 0 Å². The van der Waals surface area contributed by atoms with Crippen molar-refractivity contribution in [1.29, 1.82) is 0 Å². The highest BCUT2D eigenvalue weighted by atomic mass is 35.5. The number of nitrogens with one attached hydrogen (secondary N) is 1. The Morgan fingerprint density at radius 3 is 2.77 bits per heavy atom. The largest absolute Gasteiger partial charge is 0.490 e. The van der Waals surface area contributed by atoms with E-state index in [4.69, 9.17) is 33.3 Å². The zero-order valence-electron chi connectivity index (χ0n) is 16.7. The fourth-order valence-corrected chi connectivity index (χ4v) is 5.21. The average Bonchev–Trinajstić information content (AvgIpc) is 3.32. The molecule has 0 spiro atoms. The van der Waals surface area contributed by atoms with Gasteiger partial charge in [0.2, 0.25) is 0 Å². The highest BCUT2D eigenvalue weighted by molar-refractivity contribution is 7.80. The van der Waals surface area contributed by atoms with Crippen LogP contribution in [0.2, 0.25) is 5.02 Å². The predicted octanol–water partition coefficient (Wildman–Crippen LogP) is 5.31. The summed E-state index contributed by atoms with van der Waals surface area (Å²) in [6.45, 7) is 3.07. The molecule has 4 rings (SSSR count). The zero-order chi connectivity index (χ0) is 21.1. The molecule has 1 aliphatic heterocycles. The number of nitrogens with zero attached hydrogens (tertiary/aromatic N) is 2. The molecule has 0 unspecified atom stereocenters. The third-order valence-electron chi connectivity index (χ3n) is 5.01. The van der Waals surface area contributed by atoms with E-state index in [1.54, 1.807) is 18.4 Å². The second kappa shape index (κ2) is 9.31. The normalized spacial score (nSPS) is 18.5. The lowest BCUT2D eigenvalue weighted by atomic mass is 10.0. The Hall–Kier alpha value is -2.19. The topological polar surface area (TPSA) is 46.6 Å². The van der Waals surface area contributed by atoms with E-state index in [1.165, 1.54) is 10.4 Å². The molecule has 1 saturated heterocycles. The van der Waals surface area contributed by atoms with E-state index in [-0.39, 0.29) is 12.1 Å². The van der Waals surface area contributed by atoms with Crippen molar-refractivity contribution < 1.29 is 9.47 Å². The van der Waals surface area contributed by atoms with Gasteiger partial charge in [0.15, 0.2) is 5.11 Å². The Morgan fingerprint density at radius 2 is 2.10 bits per heavy atom. The van der Waals surface area contributed by atoms with Gasteiger partial charge in [0.05, 0.1) is 29.4 Å². The summed E-state index contributed by atoms with van der Waals surface area (Å²) in [5.74, 6) is 0.626. The molecule has 1 N–H and O–H groups in total. The number of halogens is 1. The predicted molar refractivity (Wildman–Crippen MR) is 126 cm³/mol. The minimum Gasteiger partial charge on any atom is -0.490 e. The lowest BCUT2D eigenvalue weighted by Gasteiger charge is -2.28. The number of anilines is 1. The van der Waals surface area contributed by atoms with Crippen LogP contribution in [-0.4, -0.2) is 30.4 Å². The summed E-state index contributed by atoms with van der Waals surface area (Å²) < 4.78 is 10.7. The summed E-state index contributed by atoms with van der Waals surface area (Å²) in [4.78, 5) is 7.95. The van der Waals surface area contributed by atoms with Crippen LogP contribution in [0.15, 0.2) is 54.0 Å². The Bertz CT molecular complexity index is 1030. The number of hydrogen-bond donors (Lipinski definition) is 1. The van der Waals surface area contributed by atoms with Gasteiger partial charge in [-0.25, -0.2) is 0 Å². The monoisotopic (exact) mass is 459 g/mol. The molecular formula is C22H22ClN3O2S2. The SMILES string of the molecule is COCCOc1ccc(N2C(=S)N[C@H](c3ccccn3)[C@@H]2c2sccc2C)cc1Cl. The first-order chi connectivity index (χ1) is 14.6. The van der Waals surface area contributed by atoms with Crippen molar-refractivity contribution >= 4 is 46.0 Å². The fraction of sp³-hybridized carbons (Fsp3) is 0.273. The standard InChI is InChI=1S/C22H22ClN3O2S2/c1-14-8-12-30-21(14)20-19(17-5-3-4-9-24-17)25-22(29)26(20)15-6-7-18(16(23)13-15)28-11-10-27-2/h3-9,12-13,19-20H,10-11H2,1-2H3,(H,25,29)/t19-,20-/m1/s1. The summed E-state index contributed by atoms with van der Waals surface area (Å²) in [5.41, 5.74) is 3.09. The highest BCUT2D eigenvalue weighted by Gasteiger charge is 2.42. The van der Waals surface area contributed by atoms with Gasteiger partial charge >= 0.3 is 0 Å². The van der Waals surface area contributed by atoms with Crippen molar-refractivity contribution in [3.63, 3.8) is 0 Å². The Morgan fingerprint density at radius 1 is 1.23 bits per heavy atom. The quantitative estimate of drug-likeness (QED) is 0.381. The fourth-order valence-electron chi connectivity index (χ4n) is 3.58. The number of methoxy groups -OCH3 is 1. The molecule has 1 aliphatic rings. The van der Waals surface area contributed by atoms with Gasteiger partial charge in [0, 0.05) is 23.9 Å². The van der Waals surface area contributed by atoms with E-state index in [0.717, 1.165) is 11.4 Å². The van der Waals surface area contributed by atoms with E-state index >= 15 is 0 Å². The summed E-state index contributed by atoms with van der Waals surface area (Å²) in [6.07, 6.45) is 1.81. The van der Waals surface area contributed by atoms with Crippen molar-refractivity contribution in [2.24, 2.45) is 0 Å². The number of thiocarbonyl (C=S) groups is 1. The molecule has 3 heterocycles. The van der Waals surface area contributed by atoms with E-state index in [1.807, 2.05) is 42.6 Å². The van der Waals surface area contributed by atoms with Crippen LogP contribution in [0.4, 0.5) is 5.69 Å². The summed E-state index contributed by atoms with van der Waals surface area (Å²) in [5, 5.41) is 6.76. The van der Waals surface area contributed by atoms with Crippen molar-refractivity contribution in [2.75, 3.05) is 25.2 Å². The molecule has 8 heteroatoms. The van der Waals surface area contributed by atoms with Gasteiger partial charge in [0.25, 0.3) is 0 Å². The summed E-state index contributed by atoms with van der Waals surface area (Å²) in [6, 6.07) is 13.7. The van der Waals surface area contributed by atoms with Crippen molar-refractivity contribution in [3.8, 4) is 5.75 Å². The molecule has 0 radical (unpaired) electrons. The number of rotatable bonds is 7. The summed E-state index contributed by atoms with van der Waals surface area (Å²) >= 11 is 14.0. The Balaban J connectivity index is 1.71. The lowest BCUT2D eigenvalue weighted by Crippen LogP contribution is -2.29.